The number of para-hydroxylation sites is 1. The number of hydrogen-bond acceptors (Lipinski definition) is 3. The van der Waals surface area contributed by atoms with Gasteiger partial charge in [0.25, 0.3) is 5.91 Å². The maximum atomic E-state index is 13.6. The molecular weight excluding hydrogens is 307 g/mol. The molecule has 3 atom stereocenters. The van der Waals surface area contributed by atoms with Crippen LogP contribution in [0.4, 0.5) is 4.39 Å². The van der Waals surface area contributed by atoms with Crippen LogP contribution in [0.1, 0.15) is 33.1 Å². The van der Waals surface area contributed by atoms with Crippen LogP contribution in [0.2, 0.25) is 0 Å². The molecule has 1 aromatic rings. The first-order valence-corrected chi connectivity index (χ1v) is 7.56. The third kappa shape index (κ3) is 4.85. The molecule has 2 rings (SSSR count). The Balaban J connectivity index is 0.00000242. The molecule has 0 aromatic heterocycles. The molecule has 2 N–H and O–H groups in total. The number of halogens is 2. The molecule has 0 aliphatic carbocycles. The summed E-state index contributed by atoms with van der Waals surface area (Å²) in [6.07, 6.45) is 1.82. The Labute approximate surface area is 137 Å². The molecular formula is C16H24ClFN2O2. The first-order chi connectivity index (χ1) is 10.1. The van der Waals surface area contributed by atoms with E-state index < -0.39 is 11.9 Å². The SMILES string of the molecule is CCC(Oc1ccccc1F)C(=O)NC1CCCNC1C.Cl. The maximum Gasteiger partial charge on any atom is 0.261 e. The summed E-state index contributed by atoms with van der Waals surface area (Å²) >= 11 is 0. The fraction of sp³-hybridized carbons (Fsp3) is 0.562. The van der Waals surface area contributed by atoms with Crippen molar-refractivity contribution in [3.8, 4) is 5.75 Å². The second-order valence-electron chi connectivity index (χ2n) is 5.45. The van der Waals surface area contributed by atoms with Crippen molar-refractivity contribution in [2.75, 3.05) is 6.54 Å². The number of piperidine rings is 1. The number of amides is 1. The van der Waals surface area contributed by atoms with E-state index in [9.17, 15) is 9.18 Å². The van der Waals surface area contributed by atoms with E-state index in [-0.39, 0.29) is 36.1 Å². The van der Waals surface area contributed by atoms with Gasteiger partial charge in [-0.3, -0.25) is 4.79 Å². The van der Waals surface area contributed by atoms with Crippen LogP contribution >= 0.6 is 12.4 Å². The summed E-state index contributed by atoms with van der Waals surface area (Å²) in [7, 11) is 0. The summed E-state index contributed by atoms with van der Waals surface area (Å²) < 4.78 is 19.1. The lowest BCUT2D eigenvalue weighted by atomic mass is 9.99. The number of carbonyl (C=O) groups is 1. The highest BCUT2D eigenvalue weighted by Crippen LogP contribution is 2.18. The van der Waals surface area contributed by atoms with Gasteiger partial charge in [-0.2, -0.15) is 0 Å². The summed E-state index contributed by atoms with van der Waals surface area (Å²) in [6, 6.07) is 6.50. The van der Waals surface area contributed by atoms with Crippen molar-refractivity contribution in [3.05, 3.63) is 30.1 Å². The maximum absolute atomic E-state index is 13.6. The van der Waals surface area contributed by atoms with E-state index in [0.29, 0.717) is 6.42 Å². The summed E-state index contributed by atoms with van der Waals surface area (Å²) in [5.41, 5.74) is 0. The monoisotopic (exact) mass is 330 g/mol. The molecule has 0 spiro atoms. The second kappa shape index (κ2) is 8.96. The lowest BCUT2D eigenvalue weighted by Crippen LogP contribution is -2.54. The van der Waals surface area contributed by atoms with Crippen LogP contribution in [-0.4, -0.2) is 30.6 Å². The van der Waals surface area contributed by atoms with E-state index in [2.05, 4.69) is 17.6 Å². The topological polar surface area (TPSA) is 50.4 Å². The van der Waals surface area contributed by atoms with Gasteiger partial charge in [0.1, 0.15) is 0 Å². The minimum atomic E-state index is -0.670. The van der Waals surface area contributed by atoms with Gasteiger partial charge in [-0.1, -0.05) is 19.1 Å². The molecule has 1 amide bonds. The molecule has 1 aromatic carbocycles. The van der Waals surface area contributed by atoms with Gasteiger partial charge in [0, 0.05) is 12.1 Å². The smallest absolute Gasteiger partial charge is 0.261 e. The summed E-state index contributed by atoms with van der Waals surface area (Å²) in [5, 5.41) is 6.35. The van der Waals surface area contributed by atoms with Crippen LogP contribution in [0.15, 0.2) is 24.3 Å². The van der Waals surface area contributed by atoms with Crippen LogP contribution in [0.3, 0.4) is 0 Å². The van der Waals surface area contributed by atoms with Crippen molar-refractivity contribution in [2.24, 2.45) is 0 Å². The van der Waals surface area contributed by atoms with Gasteiger partial charge >= 0.3 is 0 Å². The van der Waals surface area contributed by atoms with E-state index in [1.165, 1.54) is 12.1 Å². The molecule has 0 radical (unpaired) electrons. The largest absolute Gasteiger partial charge is 0.478 e. The summed E-state index contributed by atoms with van der Waals surface area (Å²) in [6.45, 7) is 4.90. The Morgan fingerprint density at radius 2 is 2.23 bits per heavy atom. The highest BCUT2D eigenvalue weighted by molar-refractivity contribution is 5.85. The molecule has 1 aliphatic heterocycles. The minimum Gasteiger partial charge on any atom is -0.478 e. The van der Waals surface area contributed by atoms with Gasteiger partial charge in [0.2, 0.25) is 0 Å². The highest BCUT2D eigenvalue weighted by atomic mass is 35.5. The van der Waals surface area contributed by atoms with Crippen molar-refractivity contribution in [2.45, 2.75) is 51.3 Å². The molecule has 22 heavy (non-hydrogen) atoms. The zero-order chi connectivity index (χ0) is 15.2. The molecule has 6 heteroatoms. The predicted octanol–water partition coefficient (Wildman–Crippen LogP) is 2.66. The van der Waals surface area contributed by atoms with Gasteiger partial charge < -0.3 is 15.4 Å². The number of ether oxygens (including phenoxy) is 1. The first-order valence-electron chi connectivity index (χ1n) is 7.56. The Morgan fingerprint density at radius 1 is 1.50 bits per heavy atom. The van der Waals surface area contributed by atoms with Crippen molar-refractivity contribution in [1.82, 2.24) is 10.6 Å². The summed E-state index contributed by atoms with van der Waals surface area (Å²) in [4.78, 5) is 12.3. The molecule has 3 unspecified atom stereocenters. The standard InChI is InChI=1S/C16H23FN2O2.ClH/c1-3-14(21-15-9-5-4-7-12(15)17)16(20)19-13-8-6-10-18-11(13)2;/h4-5,7,9,11,13-14,18H,3,6,8,10H2,1-2H3,(H,19,20);1H. The third-order valence-electron chi connectivity index (χ3n) is 3.86. The number of nitrogens with one attached hydrogen (secondary N) is 2. The molecule has 1 heterocycles. The predicted molar refractivity (Wildman–Crippen MR) is 87.0 cm³/mol. The molecule has 124 valence electrons. The number of carbonyl (C=O) groups excluding carboxylic acids is 1. The lowest BCUT2D eigenvalue weighted by molar-refractivity contribution is -0.129. The summed E-state index contributed by atoms with van der Waals surface area (Å²) in [5.74, 6) is -0.507. The number of hydrogen-bond donors (Lipinski definition) is 2. The Morgan fingerprint density at radius 3 is 2.86 bits per heavy atom. The van der Waals surface area contributed by atoms with Crippen molar-refractivity contribution in [1.29, 1.82) is 0 Å². The van der Waals surface area contributed by atoms with Crippen molar-refractivity contribution >= 4 is 18.3 Å². The Bertz CT molecular complexity index is 487. The van der Waals surface area contributed by atoms with Gasteiger partial charge in [-0.15, -0.1) is 12.4 Å². The Hall–Kier alpha value is -1.33. The van der Waals surface area contributed by atoms with Gasteiger partial charge in [-0.05, 0) is 44.9 Å². The average molecular weight is 331 g/mol. The minimum absolute atomic E-state index is 0. The molecule has 4 nitrogen and oxygen atoms in total. The van der Waals surface area contributed by atoms with Crippen LogP contribution < -0.4 is 15.4 Å². The fourth-order valence-electron chi connectivity index (χ4n) is 2.53. The molecule has 1 fully saturated rings. The van der Waals surface area contributed by atoms with E-state index >= 15 is 0 Å². The zero-order valence-electron chi connectivity index (χ0n) is 13.0. The highest BCUT2D eigenvalue weighted by Gasteiger charge is 2.26. The van der Waals surface area contributed by atoms with E-state index in [4.69, 9.17) is 4.74 Å². The van der Waals surface area contributed by atoms with Crippen molar-refractivity contribution in [3.63, 3.8) is 0 Å². The molecule has 0 bridgehead atoms. The van der Waals surface area contributed by atoms with Gasteiger partial charge in [0.15, 0.2) is 17.7 Å². The van der Waals surface area contributed by atoms with Gasteiger partial charge in [0.05, 0.1) is 0 Å². The number of benzene rings is 1. The quantitative estimate of drug-likeness (QED) is 0.872. The van der Waals surface area contributed by atoms with Gasteiger partial charge in [-0.25, -0.2) is 4.39 Å². The average Bonchev–Trinajstić information content (AvgIpc) is 2.48. The Kier molecular flexibility index (Phi) is 7.62. The number of rotatable bonds is 5. The van der Waals surface area contributed by atoms with E-state index in [1.54, 1.807) is 12.1 Å². The molecule has 0 saturated carbocycles. The fourth-order valence-corrected chi connectivity index (χ4v) is 2.53. The van der Waals surface area contributed by atoms with Crippen LogP contribution in [0.5, 0.6) is 5.75 Å². The van der Waals surface area contributed by atoms with Crippen LogP contribution in [0.25, 0.3) is 0 Å². The van der Waals surface area contributed by atoms with E-state index in [0.717, 1.165) is 19.4 Å². The third-order valence-corrected chi connectivity index (χ3v) is 3.86. The van der Waals surface area contributed by atoms with Crippen molar-refractivity contribution < 1.29 is 13.9 Å². The molecule has 1 aliphatic rings. The van der Waals surface area contributed by atoms with E-state index in [1.807, 2.05) is 6.92 Å². The first kappa shape index (κ1) is 18.7. The second-order valence-corrected chi connectivity index (χ2v) is 5.45. The zero-order valence-corrected chi connectivity index (χ0v) is 13.8. The lowest BCUT2D eigenvalue weighted by Gasteiger charge is -2.31. The molecule has 1 saturated heterocycles. The van der Waals surface area contributed by atoms with Crippen LogP contribution in [0, 0.1) is 5.82 Å². The van der Waals surface area contributed by atoms with Crippen LogP contribution in [-0.2, 0) is 4.79 Å². The normalized spacial score (nSPS) is 22.3.